The highest BCUT2D eigenvalue weighted by Crippen LogP contribution is 2.21. The van der Waals surface area contributed by atoms with E-state index in [0.29, 0.717) is 5.03 Å². The Hall–Kier alpha value is -1.83. The molecule has 0 aliphatic carbocycles. The summed E-state index contributed by atoms with van der Waals surface area (Å²) in [5.41, 5.74) is -0.0449. The Morgan fingerprint density at radius 3 is 3.00 bits per heavy atom. The van der Waals surface area contributed by atoms with Gasteiger partial charge in [-0.25, -0.2) is 14.6 Å². The van der Waals surface area contributed by atoms with Crippen molar-refractivity contribution < 1.29 is 9.53 Å². The van der Waals surface area contributed by atoms with Gasteiger partial charge in [-0.2, -0.15) is 9.61 Å². The van der Waals surface area contributed by atoms with Crippen molar-refractivity contribution in [2.24, 2.45) is 0 Å². The number of methoxy groups -OCH3 is 1. The lowest BCUT2D eigenvalue weighted by molar-refractivity contribution is 0.0599. The zero-order valence-corrected chi connectivity index (χ0v) is 9.37. The molecule has 0 radical (unpaired) electrons. The summed E-state index contributed by atoms with van der Waals surface area (Å²) in [6.07, 6.45) is 2.97. The average molecular weight is 240 g/mol. The van der Waals surface area contributed by atoms with Crippen LogP contribution in [0.3, 0.4) is 0 Å². The van der Waals surface area contributed by atoms with Crippen LogP contribution in [0, 0.1) is 0 Å². The van der Waals surface area contributed by atoms with Crippen LogP contribution in [0.2, 0.25) is 0 Å². The van der Waals surface area contributed by atoms with Gasteiger partial charge >= 0.3 is 11.7 Å². The lowest BCUT2D eigenvalue weighted by atomic mass is 10.3. The third kappa shape index (κ3) is 1.47. The number of thioether (sulfide) groups is 1. The van der Waals surface area contributed by atoms with E-state index in [1.54, 1.807) is 6.26 Å². The number of nitrogens with zero attached hydrogens (tertiary/aromatic N) is 3. The summed E-state index contributed by atoms with van der Waals surface area (Å²) in [5.74, 6) is -0.558. The molecule has 0 aliphatic heterocycles. The Balaban J connectivity index is 2.84. The number of aromatic amines is 1. The van der Waals surface area contributed by atoms with Crippen molar-refractivity contribution in [3.05, 3.63) is 22.4 Å². The van der Waals surface area contributed by atoms with E-state index in [2.05, 4.69) is 19.8 Å². The van der Waals surface area contributed by atoms with Gasteiger partial charge in [0.2, 0.25) is 0 Å². The first-order valence-corrected chi connectivity index (χ1v) is 5.50. The second-order valence-electron chi connectivity index (χ2n) is 2.82. The number of carbonyl (C=O) groups excluding carboxylic acids is 1. The fraction of sp³-hybridized carbons (Fsp3) is 0.250. The standard InChI is InChI=1S/C8H8N4O3S/c1-15-7(13)4-5-9-3-10-8(14)12(5)11-6(4)16-2/h3H,1-2H3,(H,9,10,14). The van der Waals surface area contributed by atoms with Crippen LogP contribution in [-0.2, 0) is 4.74 Å². The first-order chi connectivity index (χ1) is 7.69. The maximum atomic E-state index is 11.5. The minimum absolute atomic E-state index is 0.194. The number of H-pyrrole nitrogens is 1. The van der Waals surface area contributed by atoms with Gasteiger partial charge in [0.15, 0.2) is 5.65 Å². The van der Waals surface area contributed by atoms with Crippen molar-refractivity contribution in [2.75, 3.05) is 13.4 Å². The summed E-state index contributed by atoms with van der Waals surface area (Å²) in [6.45, 7) is 0. The molecule has 0 fully saturated rings. The van der Waals surface area contributed by atoms with Crippen LogP contribution < -0.4 is 5.69 Å². The van der Waals surface area contributed by atoms with Crippen molar-refractivity contribution >= 4 is 23.4 Å². The summed E-state index contributed by atoms with van der Waals surface area (Å²) >= 11 is 1.25. The molecular weight excluding hydrogens is 232 g/mol. The van der Waals surface area contributed by atoms with E-state index < -0.39 is 11.7 Å². The average Bonchev–Trinajstić information content (AvgIpc) is 2.68. The Bertz CT molecular complexity index is 603. The Morgan fingerprint density at radius 2 is 2.38 bits per heavy atom. The van der Waals surface area contributed by atoms with E-state index in [1.807, 2.05) is 0 Å². The van der Waals surface area contributed by atoms with Gasteiger partial charge in [-0.05, 0) is 6.26 Å². The van der Waals surface area contributed by atoms with Crippen molar-refractivity contribution in [1.82, 2.24) is 19.6 Å². The number of esters is 1. The van der Waals surface area contributed by atoms with Gasteiger partial charge in [-0.15, -0.1) is 11.8 Å². The number of ether oxygens (including phenoxy) is 1. The molecule has 84 valence electrons. The molecule has 0 saturated carbocycles. The second-order valence-corrected chi connectivity index (χ2v) is 3.61. The predicted molar refractivity (Wildman–Crippen MR) is 56.7 cm³/mol. The quantitative estimate of drug-likeness (QED) is 0.583. The highest BCUT2D eigenvalue weighted by Gasteiger charge is 2.21. The van der Waals surface area contributed by atoms with Crippen LogP contribution in [0.5, 0.6) is 0 Å². The molecule has 0 atom stereocenters. The molecule has 0 spiro atoms. The largest absolute Gasteiger partial charge is 0.465 e. The first-order valence-electron chi connectivity index (χ1n) is 4.27. The Kier molecular flexibility index (Phi) is 2.65. The highest BCUT2D eigenvalue weighted by atomic mass is 32.2. The summed E-state index contributed by atoms with van der Waals surface area (Å²) in [7, 11) is 1.27. The van der Waals surface area contributed by atoms with Crippen LogP contribution in [0.25, 0.3) is 5.65 Å². The van der Waals surface area contributed by atoms with Gasteiger partial charge in [0.25, 0.3) is 0 Å². The van der Waals surface area contributed by atoms with Gasteiger partial charge in [-0.3, -0.25) is 4.98 Å². The molecule has 16 heavy (non-hydrogen) atoms. The number of carbonyl (C=O) groups is 1. The third-order valence-electron chi connectivity index (χ3n) is 1.98. The number of fused-ring (bicyclic) bond motifs is 1. The molecule has 8 heteroatoms. The topological polar surface area (TPSA) is 89.3 Å². The summed E-state index contributed by atoms with van der Waals surface area (Å²) in [6, 6.07) is 0. The van der Waals surface area contributed by atoms with Crippen LogP contribution in [-0.4, -0.2) is 38.9 Å². The zero-order chi connectivity index (χ0) is 11.7. The molecule has 0 unspecified atom stereocenters. The molecule has 0 amide bonds. The van der Waals surface area contributed by atoms with Crippen molar-refractivity contribution in [2.45, 2.75) is 5.03 Å². The van der Waals surface area contributed by atoms with Gasteiger partial charge in [0.05, 0.1) is 13.4 Å². The number of hydrogen-bond acceptors (Lipinski definition) is 6. The maximum absolute atomic E-state index is 11.5. The maximum Gasteiger partial charge on any atom is 0.349 e. The van der Waals surface area contributed by atoms with E-state index >= 15 is 0 Å². The van der Waals surface area contributed by atoms with E-state index in [4.69, 9.17) is 0 Å². The molecular formula is C8H8N4O3S. The monoisotopic (exact) mass is 240 g/mol. The van der Waals surface area contributed by atoms with Crippen molar-refractivity contribution in [3.8, 4) is 0 Å². The highest BCUT2D eigenvalue weighted by molar-refractivity contribution is 7.98. The van der Waals surface area contributed by atoms with E-state index in [0.717, 1.165) is 4.52 Å². The molecule has 2 heterocycles. The molecule has 0 aromatic carbocycles. The SMILES string of the molecule is COC(=O)c1c(SC)nn2c(=O)[nH]cnc12. The van der Waals surface area contributed by atoms with Gasteiger partial charge < -0.3 is 4.74 Å². The van der Waals surface area contributed by atoms with Crippen molar-refractivity contribution in [3.63, 3.8) is 0 Å². The lowest BCUT2D eigenvalue weighted by Crippen LogP contribution is -2.17. The summed E-state index contributed by atoms with van der Waals surface area (Å²) in [4.78, 5) is 29.2. The lowest BCUT2D eigenvalue weighted by Gasteiger charge is -1.96. The van der Waals surface area contributed by atoms with Crippen LogP contribution in [0.4, 0.5) is 0 Å². The van der Waals surface area contributed by atoms with Gasteiger partial charge in [0.1, 0.15) is 10.6 Å². The summed E-state index contributed by atoms with van der Waals surface area (Å²) in [5, 5.41) is 4.39. The molecule has 0 bridgehead atoms. The molecule has 7 nitrogen and oxygen atoms in total. The van der Waals surface area contributed by atoms with Gasteiger partial charge in [-0.1, -0.05) is 0 Å². The second kappa shape index (κ2) is 3.97. The van der Waals surface area contributed by atoms with E-state index in [-0.39, 0.29) is 11.2 Å². The molecule has 0 aliphatic rings. The Labute approximate surface area is 93.8 Å². The number of hydrogen-bond donors (Lipinski definition) is 1. The Morgan fingerprint density at radius 1 is 1.62 bits per heavy atom. The minimum Gasteiger partial charge on any atom is -0.465 e. The minimum atomic E-state index is -0.558. The fourth-order valence-electron chi connectivity index (χ4n) is 1.28. The fourth-order valence-corrected chi connectivity index (χ4v) is 1.83. The predicted octanol–water partition coefficient (Wildman–Crippen LogP) is -0.0739. The first kappa shape index (κ1) is 10.7. The van der Waals surface area contributed by atoms with Crippen LogP contribution in [0.1, 0.15) is 10.4 Å². The van der Waals surface area contributed by atoms with E-state index in [9.17, 15) is 9.59 Å². The van der Waals surface area contributed by atoms with E-state index in [1.165, 1.54) is 25.2 Å². The molecule has 2 rings (SSSR count). The summed E-state index contributed by atoms with van der Waals surface area (Å²) < 4.78 is 5.67. The number of aromatic nitrogens is 4. The van der Waals surface area contributed by atoms with Gasteiger partial charge in [0, 0.05) is 0 Å². The molecule has 2 aromatic rings. The molecule has 1 N–H and O–H groups in total. The number of rotatable bonds is 2. The van der Waals surface area contributed by atoms with Crippen LogP contribution >= 0.6 is 11.8 Å². The molecule has 2 aromatic heterocycles. The zero-order valence-electron chi connectivity index (χ0n) is 8.55. The van der Waals surface area contributed by atoms with Crippen LogP contribution in [0.15, 0.2) is 16.1 Å². The third-order valence-corrected chi connectivity index (χ3v) is 2.65. The number of nitrogens with one attached hydrogen (secondary N) is 1. The van der Waals surface area contributed by atoms with Crippen molar-refractivity contribution in [1.29, 1.82) is 0 Å². The normalized spacial score (nSPS) is 10.6. The smallest absolute Gasteiger partial charge is 0.349 e. The molecule has 0 saturated heterocycles.